The Labute approximate surface area is 205 Å². The molecule has 2 bridgehead atoms. The van der Waals surface area contributed by atoms with Crippen LogP contribution in [0.1, 0.15) is 56.7 Å². The van der Waals surface area contributed by atoms with E-state index < -0.39 is 29.9 Å². The lowest BCUT2D eigenvalue weighted by Crippen LogP contribution is -2.49. The highest BCUT2D eigenvalue weighted by Gasteiger charge is 2.30. The number of aromatic nitrogens is 1. The number of nitrogens with one attached hydrogen (secondary N) is 3. The summed E-state index contributed by atoms with van der Waals surface area (Å²) in [4.78, 5) is 55.6. The normalized spacial score (nSPS) is 20.6. The maximum atomic E-state index is 13.0. The third-order valence-corrected chi connectivity index (χ3v) is 5.24. The number of esters is 1. The summed E-state index contributed by atoms with van der Waals surface area (Å²) >= 11 is 4.16. The molecule has 2 atom stereocenters. The van der Waals surface area contributed by atoms with Crippen molar-refractivity contribution in [3.05, 3.63) is 53.0 Å². The average molecular weight is 489 g/mol. The summed E-state index contributed by atoms with van der Waals surface area (Å²) in [5.74, 6) is -1.92. The second kappa shape index (κ2) is 12.9. The van der Waals surface area contributed by atoms with Gasteiger partial charge in [-0.1, -0.05) is 26.0 Å². The Balaban J connectivity index is 2.45. The lowest BCUT2D eigenvalue weighted by molar-refractivity contribution is -0.153. The van der Waals surface area contributed by atoms with E-state index in [0.29, 0.717) is 23.4 Å². The summed E-state index contributed by atoms with van der Waals surface area (Å²) in [6.45, 7) is 6.97. The van der Waals surface area contributed by atoms with E-state index in [4.69, 9.17) is 4.74 Å². The summed E-state index contributed by atoms with van der Waals surface area (Å²) in [5.41, 5.74) is 1.15. The van der Waals surface area contributed by atoms with Gasteiger partial charge in [0.2, 0.25) is 5.91 Å². The fourth-order valence-corrected chi connectivity index (χ4v) is 3.29. The first-order valence-corrected chi connectivity index (χ1v) is 11.8. The number of amides is 3. The van der Waals surface area contributed by atoms with E-state index >= 15 is 0 Å². The zero-order valence-corrected chi connectivity index (χ0v) is 20.8. The number of fused-ring (bicyclic) bond motifs is 2. The SMILES string of the molecule is CC(C)=C1NC(=O)c2cccc(n2)CNC(=O)C[C@@H](/C=C/CCS)OC(=O)[C@H](C(C)C)NC1=O. The van der Waals surface area contributed by atoms with Crippen molar-refractivity contribution < 1.29 is 23.9 Å². The molecule has 0 saturated heterocycles. The summed E-state index contributed by atoms with van der Waals surface area (Å²) in [6, 6.07) is 3.85. The maximum Gasteiger partial charge on any atom is 0.329 e. The van der Waals surface area contributed by atoms with Crippen molar-refractivity contribution in [2.24, 2.45) is 5.92 Å². The minimum absolute atomic E-state index is 0.0290. The van der Waals surface area contributed by atoms with E-state index in [0.717, 1.165) is 0 Å². The van der Waals surface area contributed by atoms with Gasteiger partial charge in [0.1, 0.15) is 23.5 Å². The van der Waals surface area contributed by atoms with E-state index in [1.54, 1.807) is 52.0 Å². The Hall–Kier alpha value is -3.14. The topological polar surface area (TPSA) is 126 Å². The zero-order valence-electron chi connectivity index (χ0n) is 19.9. The fraction of sp³-hybridized carbons (Fsp3) is 0.458. The Kier molecular flexibility index (Phi) is 10.3. The molecule has 0 unspecified atom stereocenters. The van der Waals surface area contributed by atoms with Gasteiger partial charge in [-0.3, -0.25) is 14.4 Å². The molecule has 2 heterocycles. The number of allylic oxidation sites excluding steroid dienone is 2. The van der Waals surface area contributed by atoms with E-state index in [2.05, 4.69) is 33.6 Å². The van der Waals surface area contributed by atoms with Crippen LogP contribution >= 0.6 is 12.6 Å². The number of hydrogen-bond acceptors (Lipinski definition) is 7. The number of pyridine rings is 1. The van der Waals surface area contributed by atoms with Crippen LogP contribution in [0, 0.1) is 5.92 Å². The van der Waals surface area contributed by atoms with E-state index in [1.165, 1.54) is 6.07 Å². The number of nitrogens with zero attached hydrogens (tertiary/aromatic N) is 1. The largest absolute Gasteiger partial charge is 0.456 e. The van der Waals surface area contributed by atoms with Crippen LogP contribution in [-0.2, 0) is 25.7 Å². The van der Waals surface area contributed by atoms with Gasteiger partial charge in [0.15, 0.2) is 0 Å². The monoisotopic (exact) mass is 488 g/mol. The molecule has 0 aliphatic carbocycles. The van der Waals surface area contributed by atoms with Crippen LogP contribution in [0.2, 0.25) is 0 Å². The number of carbonyl (C=O) groups excluding carboxylic acids is 4. The van der Waals surface area contributed by atoms with Gasteiger partial charge in [0.05, 0.1) is 18.7 Å². The Morgan fingerprint density at radius 1 is 1.21 bits per heavy atom. The quantitative estimate of drug-likeness (QED) is 0.222. The van der Waals surface area contributed by atoms with Crippen molar-refractivity contribution >= 4 is 36.3 Å². The minimum Gasteiger partial charge on any atom is -0.456 e. The highest BCUT2D eigenvalue weighted by Crippen LogP contribution is 2.12. The molecular formula is C24H32N4O5S. The van der Waals surface area contributed by atoms with Crippen LogP contribution in [0.5, 0.6) is 0 Å². The molecule has 34 heavy (non-hydrogen) atoms. The summed E-state index contributed by atoms with van der Waals surface area (Å²) in [7, 11) is 0. The molecule has 0 fully saturated rings. The molecule has 3 amide bonds. The smallest absolute Gasteiger partial charge is 0.329 e. The predicted molar refractivity (Wildman–Crippen MR) is 131 cm³/mol. The van der Waals surface area contributed by atoms with Crippen LogP contribution in [0.15, 0.2) is 41.6 Å². The van der Waals surface area contributed by atoms with Gasteiger partial charge in [0.25, 0.3) is 11.8 Å². The van der Waals surface area contributed by atoms with Gasteiger partial charge in [-0.2, -0.15) is 12.6 Å². The molecular weight excluding hydrogens is 456 g/mol. The zero-order chi connectivity index (χ0) is 25.3. The lowest BCUT2D eigenvalue weighted by Gasteiger charge is -2.24. The van der Waals surface area contributed by atoms with Gasteiger partial charge in [0, 0.05) is 0 Å². The number of carbonyl (C=O) groups is 4. The summed E-state index contributed by atoms with van der Waals surface area (Å²) in [6.07, 6.45) is 3.16. The van der Waals surface area contributed by atoms with Crippen molar-refractivity contribution in [1.29, 1.82) is 0 Å². The first-order valence-electron chi connectivity index (χ1n) is 11.1. The van der Waals surface area contributed by atoms with Crippen LogP contribution < -0.4 is 16.0 Å². The van der Waals surface area contributed by atoms with E-state index in [-0.39, 0.29) is 36.2 Å². The van der Waals surface area contributed by atoms with Gasteiger partial charge in [-0.25, -0.2) is 9.78 Å². The number of ether oxygens (including phenoxy) is 1. The molecule has 0 saturated carbocycles. The number of hydrogen-bond donors (Lipinski definition) is 4. The van der Waals surface area contributed by atoms with Gasteiger partial charge in [-0.05, 0) is 55.7 Å². The molecule has 184 valence electrons. The Morgan fingerprint density at radius 2 is 1.94 bits per heavy atom. The van der Waals surface area contributed by atoms with Crippen molar-refractivity contribution in [3.63, 3.8) is 0 Å². The highest BCUT2D eigenvalue weighted by molar-refractivity contribution is 7.80. The Morgan fingerprint density at radius 3 is 2.59 bits per heavy atom. The lowest BCUT2D eigenvalue weighted by atomic mass is 10.0. The van der Waals surface area contributed by atoms with Crippen molar-refractivity contribution in [2.45, 2.75) is 59.2 Å². The molecule has 2 rings (SSSR count). The summed E-state index contributed by atoms with van der Waals surface area (Å²) < 4.78 is 5.61. The number of rotatable bonds is 4. The molecule has 0 spiro atoms. The number of cyclic esters (lactones) is 1. The van der Waals surface area contributed by atoms with Gasteiger partial charge < -0.3 is 20.7 Å². The van der Waals surface area contributed by atoms with E-state index in [1.807, 2.05) is 0 Å². The van der Waals surface area contributed by atoms with Crippen molar-refractivity contribution in [3.8, 4) is 0 Å². The standard InChI is InChI=1S/C24H32N4O5S/c1-14(2)20-23(31)28-21(15(3)4)24(32)33-17(9-5-6-11-34)12-19(29)25-13-16-8-7-10-18(26-16)22(30)27-20/h5,7-10,15,17,21,34H,6,11-13H2,1-4H3,(H,25,29)(H,27,30)(H,28,31)/b9-5+/t17-,21+/m1/s1. The minimum atomic E-state index is -0.989. The molecule has 0 aromatic carbocycles. The van der Waals surface area contributed by atoms with Crippen molar-refractivity contribution in [1.82, 2.24) is 20.9 Å². The molecule has 1 aliphatic rings. The van der Waals surface area contributed by atoms with E-state index in [9.17, 15) is 19.2 Å². The molecule has 0 radical (unpaired) electrons. The first kappa shape index (κ1) is 27.1. The van der Waals surface area contributed by atoms with Crippen molar-refractivity contribution in [2.75, 3.05) is 5.75 Å². The number of thiol groups is 1. The molecule has 1 aromatic rings. The molecule has 1 aliphatic heterocycles. The first-order chi connectivity index (χ1) is 16.1. The third kappa shape index (κ3) is 8.02. The molecule has 9 nitrogen and oxygen atoms in total. The summed E-state index contributed by atoms with van der Waals surface area (Å²) in [5, 5.41) is 7.99. The second-order valence-corrected chi connectivity index (χ2v) is 8.88. The van der Waals surface area contributed by atoms with Gasteiger partial charge >= 0.3 is 5.97 Å². The van der Waals surface area contributed by atoms with Crippen LogP contribution in [-0.4, -0.2) is 46.6 Å². The van der Waals surface area contributed by atoms with Crippen LogP contribution in [0.4, 0.5) is 0 Å². The Bertz CT molecular complexity index is 985. The fourth-order valence-electron chi connectivity index (χ4n) is 3.14. The van der Waals surface area contributed by atoms with Gasteiger partial charge in [-0.15, -0.1) is 0 Å². The third-order valence-electron chi connectivity index (χ3n) is 4.98. The predicted octanol–water partition coefficient (Wildman–Crippen LogP) is 2.05. The van der Waals surface area contributed by atoms with Crippen LogP contribution in [0.3, 0.4) is 0 Å². The maximum absolute atomic E-state index is 13.0. The highest BCUT2D eigenvalue weighted by atomic mass is 32.1. The van der Waals surface area contributed by atoms with Crippen LogP contribution in [0.25, 0.3) is 0 Å². The molecule has 10 heteroatoms. The molecule has 1 aromatic heterocycles. The molecule has 3 N–H and O–H groups in total. The average Bonchev–Trinajstić information content (AvgIpc) is 2.78. The second-order valence-electron chi connectivity index (χ2n) is 8.44.